The number of nitrogens with one attached hydrogen (secondary N) is 1. The monoisotopic (exact) mass is 268 g/mol. The normalized spacial score (nSPS) is 12.1. The van der Waals surface area contributed by atoms with Gasteiger partial charge < -0.3 is 15.2 Å². The highest BCUT2D eigenvalue weighted by Crippen LogP contribution is 2.32. The van der Waals surface area contributed by atoms with E-state index in [9.17, 15) is 15.2 Å². The van der Waals surface area contributed by atoms with Crippen molar-refractivity contribution in [2.45, 2.75) is 38.8 Å². The quantitative estimate of drug-likeness (QED) is 0.633. The predicted molar refractivity (Wildman–Crippen MR) is 73.6 cm³/mol. The van der Waals surface area contributed by atoms with E-state index in [0.717, 1.165) is 0 Å². The van der Waals surface area contributed by atoms with Gasteiger partial charge in [0.1, 0.15) is 0 Å². The van der Waals surface area contributed by atoms with Gasteiger partial charge in [-0.2, -0.15) is 0 Å². The number of hydrogen-bond donors (Lipinski definition) is 2. The molecule has 1 rings (SSSR count). The molecule has 19 heavy (non-hydrogen) atoms. The molecule has 0 aliphatic carbocycles. The van der Waals surface area contributed by atoms with Crippen LogP contribution in [0.3, 0.4) is 0 Å². The molecule has 0 aliphatic rings. The number of nitrogens with zero attached hydrogens (tertiary/aromatic N) is 1. The number of benzene rings is 1. The predicted octanol–water partition coefficient (Wildman–Crippen LogP) is 2.56. The van der Waals surface area contributed by atoms with E-state index in [0.29, 0.717) is 5.69 Å². The topological polar surface area (TPSA) is 84.6 Å². The van der Waals surface area contributed by atoms with Crippen LogP contribution in [0.1, 0.15) is 27.7 Å². The van der Waals surface area contributed by atoms with Crippen LogP contribution in [-0.2, 0) is 0 Å². The molecule has 0 amide bonds. The molecule has 0 unspecified atom stereocenters. The minimum atomic E-state index is -0.956. The van der Waals surface area contributed by atoms with Gasteiger partial charge in [-0.15, -0.1) is 0 Å². The van der Waals surface area contributed by atoms with E-state index in [1.54, 1.807) is 26.0 Å². The van der Waals surface area contributed by atoms with Gasteiger partial charge in [-0.1, -0.05) is 0 Å². The number of aliphatic hydroxyl groups is 1. The Morgan fingerprint density at radius 1 is 1.32 bits per heavy atom. The fraction of sp³-hybridized carbons (Fsp3) is 0.538. The zero-order valence-electron chi connectivity index (χ0n) is 11.9. The third-order valence-electron chi connectivity index (χ3n) is 3.36. The summed E-state index contributed by atoms with van der Waals surface area (Å²) < 4.78 is 5.00. The minimum absolute atomic E-state index is 0.0888. The van der Waals surface area contributed by atoms with Crippen molar-refractivity contribution >= 4 is 11.4 Å². The molecule has 6 heteroatoms. The van der Waals surface area contributed by atoms with Crippen molar-refractivity contribution in [2.75, 3.05) is 12.4 Å². The average molecular weight is 268 g/mol. The van der Waals surface area contributed by atoms with E-state index < -0.39 is 16.1 Å². The summed E-state index contributed by atoms with van der Waals surface area (Å²) >= 11 is 0. The molecule has 0 radical (unpaired) electrons. The Bertz CT molecular complexity index is 478. The summed E-state index contributed by atoms with van der Waals surface area (Å²) in [6.07, 6.45) is 0. The summed E-state index contributed by atoms with van der Waals surface area (Å²) in [6.45, 7) is 7.09. The van der Waals surface area contributed by atoms with Gasteiger partial charge in [-0.3, -0.25) is 10.1 Å². The van der Waals surface area contributed by atoms with Gasteiger partial charge in [0.2, 0.25) is 0 Å². The molecule has 0 heterocycles. The number of anilines is 1. The lowest BCUT2D eigenvalue weighted by molar-refractivity contribution is -0.385. The van der Waals surface area contributed by atoms with Crippen molar-refractivity contribution in [3.05, 3.63) is 28.3 Å². The largest absolute Gasteiger partial charge is 0.490 e. The van der Waals surface area contributed by atoms with E-state index in [1.807, 2.05) is 13.8 Å². The van der Waals surface area contributed by atoms with Crippen LogP contribution in [0.25, 0.3) is 0 Å². The number of rotatable bonds is 5. The summed E-state index contributed by atoms with van der Waals surface area (Å²) in [7, 11) is 1.38. The second-order valence-electron chi connectivity index (χ2n) is 5.45. The van der Waals surface area contributed by atoms with E-state index in [2.05, 4.69) is 5.32 Å². The van der Waals surface area contributed by atoms with Crippen LogP contribution in [0.15, 0.2) is 18.2 Å². The smallest absolute Gasteiger partial charge is 0.311 e. The lowest BCUT2D eigenvalue weighted by Gasteiger charge is -2.38. The molecule has 0 saturated heterocycles. The van der Waals surface area contributed by atoms with E-state index in [1.165, 1.54) is 13.2 Å². The molecule has 0 atom stereocenters. The number of ether oxygens (including phenoxy) is 1. The van der Waals surface area contributed by atoms with Crippen LogP contribution in [0.2, 0.25) is 0 Å². The zero-order valence-corrected chi connectivity index (χ0v) is 11.9. The molecule has 0 fully saturated rings. The summed E-state index contributed by atoms with van der Waals surface area (Å²) in [4.78, 5) is 10.3. The first-order valence-corrected chi connectivity index (χ1v) is 5.91. The molecule has 1 aromatic rings. The van der Waals surface area contributed by atoms with Gasteiger partial charge in [-0.05, 0) is 33.8 Å². The zero-order chi connectivity index (χ0) is 14.8. The van der Waals surface area contributed by atoms with Crippen molar-refractivity contribution in [2.24, 2.45) is 0 Å². The second kappa shape index (κ2) is 5.05. The van der Waals surface area contributed by atoms with Crippen LogP contribution in [0.4, 0.5) is 11.4 Å². The van der Waals surface area contributed by atoms with Gasteiger partial charge in [0.05, 0.1) is 23.2 Å². The van der Waals surface area contributed by atoms with Crippen molar-refractivity contribution in [1.29, 1.82) is 0 Å². The lowest BCUT2D eigenvalue weighted by atomic mass is 9.86. The fourth-order valence-electron chi connectivity index (χ4n) is 1.42. The number of nitro benzene ring substituents is 1. The number of hydrogen-bond acceptors (Lipinski definition) is 5. The van der Waals surface area contributed by atoms with Crippen LogP contribution >= 0.6 is 0 Å². The molecule has 106 valence electrons. The van der Waals surface area contributed by atoms with Gasteiger partial charge in [-0.25, -0.2) is 0 Å². The molecular formula is C13H20N2O4. The van der Waals surface area contributed by atoms with Gasteiger partial charge in [0.15, 0.2) is 5.75 Å². The average Bonchev–Trinajstić information content (AvgIpc) is 2.26. The summed E-state index contributed by atoms with van der Waals surface area (Å²) in [5.74, 6) is 0.182. The van der Waals surface area contributed by atoms with Gasteiger partial charge in [0.25, 0.3) is 0 Å². The first-order chi connectivity index (χ1) is 8.58. The van der Waals surface area contributed by atoms with Crippen LogP contribution in [-0.4, -0.2) is 28.3 Å². The second-order valence-corrected chi connectivity index (χ2v) is 5.45. The maximum Gasteiger partial charge on any atom is 0.311 e. The van der Waals surface area contributed by atoms with Crippen LogP contribution in [0, 0.1) is 10.1 Å². The third kappa shape index (κ3) is 3.35. The third-order valence-corrected chi connectivity index (χ3v) is 3.36. The Labute approximate surface area is 112 Å². The number of nitro groups is 1. The van der Waals surface area contributed by atoms with E-state index >= 15 is 0 Å². The van der Waals surface area contributed by atoms with Crippen molar-refractivity contribution in [3.8, 4) is 5.75 Å². The van der Waals surface area contributed by atoms with Gasteiger partial charge >= 0.3 is 5.69 Å². The maximum absolute atomic E-state index is 10.8. The highest BCUT2D eigenvalue weighted by atomic mass is 16.6. The Balaban J connectivity index is 3.08. The molecule has 0 aliphatic heterocycles. The van der Waals surface area contributed by atoms with E-state index in [4.69, 9.17) is 4.74 Å². The molecule has 1 aromatic carbocycles. The Morgan fingerprint density at radius 2 is 1.89 bits per heavy atom. The lowest BCUT2D eigenvalue weighted by Crippen LogP contribution is -2.51. The SMILES string of the molecule is COc1cc(NC(C)(C)C(C)(C)O)ccc1[N+](=O)[O-]. The molecule has 0 spiro atoms. The van der Waals surface area contributed by atoms with Crippen LogP contribution in [0.5, 0.6) is 5.75 Å². The summed E-state index contributed by atoms with van der Waals surface area (Å²) in [5, 5.41) is 24.0. The fourth-order valence-corrected chi connectivity index (χ4v) is 1.42. The van der Waals surface area contributed by atoms with E-state index in [-0.39, 0.29) is 11.4 Å². The Hall–Kier alpha value is -1.82. The van der Waals surface area contributed by atoms with Crippen LogP contribution < -0.4 is 10.1 Å². The highest BCUT2D eigenvalue weighted by Gasteiger charge is 2.35. The Morgan fingerprint density at radius 3 is 2.32 bits per heavy atom. The van der Waals surface area contributed by atoms with Crippen molar-refractivity contribution in [1.82, 2.24) is 0 Å². The summed E-state index contributed by atoms with van der Waals surface area (Å²) in [5.41, 5.74) is -1.00. The van der Waals surface area contributed by atoms with Crippen molar-refractivity contribution in [3.63, 3.8) is 0 Å². The molecular weight excluding hydrogens is 248 g/mol. The van der Waals surface area contributed by atoms with Gasteiger partial charge in [0, 0.05) is 17.8 Å². The minimum Gasteiger partial charge on any atom is -0.490 e. The molecule has 2 N–H and O–H groups in total. The highest BCUT2D eigenvalue weighted by molar-refractivity contribution is 5.59. The first kappa shape index (κ1) is 15.2. The molecule has 6 nitrogen and oxygen atoms in total. The molecule has 0 saturated carbocycles. The summed E-state index contributed by atoms with van der Waals surface area (Å²) in [6, 6.07) is 4.52. The Kier molecular flexibility index (Phi) is 4.05. The van der Waals surface area contributed by atoms with Crippen molar-refractivity contribution < 1.29 is 14.8 Å². The molecule has 0 bridgehead atoms. The standard InChI is InChI=1S/C13H20N2O4/c1-12(2,13(3,4)16)14-9-6-7-10(15(17)18)11(8-9)19-5/h6-8,14,16H,1-5H3. The maximum atomic E-state index is 10.8. The first-order valence-electron chi connectivity index (χ1n) is 5.91. The number of methoxy groups -OCH3 is 1. The molecule has 0 aromatic heterocycles.